The van der Waals surface area contributed by atoms with Gasteiger partial charge in [0.25, 0.3) is 0 Å². The normalized spacial score (nSPS) is 26.1. The standard InChI is InChI=1S/C15H22FN3O3S/c1-17-23(20,21)11-3-4-13(12(16)9-11)19-6-5-15-14(10-19)18(2)7-8-22-15/h3-4,9,14-15,17H,5-8,10H2,1-2H3/t14-,15+/m0/s1. The molecule has 2 fully saturated rings. The van der Waals surface area contributed by atoms with Crippen molar-refractivity contribution in [1.29, 1.82) is 0 Å². The van der Waals surface area contributed by atoms with Crippen molar-refractivity contribution in [2.24, 2.45) is 0 Å². The molecule has 2 saturated heterocycles. The number of hydrogen-bond acceptors (Lipinski definition) is 5. The van der Waals surface area contributed by atoms with Crippen LogP contribution in [0.1, 0.15) is 6.42 Å². The first kappa shape index (κ1) is 16.6. The zero-order valence-corrected chi connectivity index (χ0v) is 14.1. The van der Waals surface area contributed by atoms with E-state index in [1.54, 1.807) is 6.07 Å². The van der Waals surface area contributed by atoms with Gasteiger partial charge in [0.2, 0.25) is 10.0 Å². The van der Waals surface area contributed by atoms with Gasteiger partial charge < -0.3 is 9.64 Å². The molecule has 1 aromatic carbocycles. The predicted octanol–water partition coefficient (Wildman–Crippen LogP) is 0.643. The minimum absolute atomic E-state index is 0.0609. The monoisotopic (exact) mass is 343 g/mol. The highest BCUT2D eigenvalue weighted by Crippen LogP contribution is 2.29. The highest BCUT2D eigenvalue weighted by Gasteiger charge is 2.36. The smallest absolute Gasteiger partial charge is 0.240 e. The van der Waals surface area contributed by atoms with Crippen LogP contribution in [-0.4, -0.2) is 65.8 Å². The Morgan fingerprint density at radius 1 is 1.35 bits per heavy atom. The van der Waals surface area contributed by atoms with Crippen LogP contribution in [0.4, 0.5) is 10.1 Å². The van der Waals surface area contributed by atoms with Gasteiger partial charge in [-0.15, -0.1) is 0 Å². The summed E-state index contributed by atoms with van der Waals surface area (Å²) in [5.41, 5.74) is 0.442. The van der Waals surface area contributed by atoms with E-state index in [4.69, 9.17) is 4.74 Å². The van der Waals surface area contributed by atoms with Crippen LogP contribution in [0.5, 0.6) is 0 Å². The summed E-state index contributed by atoms with van der Waals surface area (Å²) in [6.07, 6.45) is 1.03. The van der Waals surface area contributed by atoms with Crippen LogP contribution in [0.3, 0.4) is 0 Å². The van der Waals surface area contributed by atoms with E-state index in [1.807, 2.05) is 4.90 Å². The van der Waals surface area contributed by atoms with Crippen molar-refractivity contribution >= 4 is 15.7 Å². The van der Waals surface area contributed by atoms with Crippen LogP contribution < -0.4 is 9.62 Å². The van der Waals surface area contributed by atoms with Gasteiger partial charge in [0.05, 0.1) is 29.3 Å². The Labute approximate surface area is 136 Å². The molecule has 8 heteroatoms. The van der Waals surface area contributed by atoms with Crippen LogP contribution in [0.15, 0.2) is 23.1 Å². The number of likely N-dealkylation sites (N-methyl/N-ethyl adjacent to an activating group) is 1. The number of piperidine rings is 1. The number of sulfonamides is 1. The Balaban J connectivity index is 1.82. The third kappa shape index (κ3) is 3.21. The summed E-state index contributed by atoms with van der Waals surface area (Å²) in [7, 11) is -0.264. The second-order valence-corrected chi connectivity index (χ2v) is 7.90. The quantitative estimate of drug-likeness (QED) is 0.873. The predicted molar refractivity (Wildman–Crippen MR) is 85.6 cm³/mol. The number of ether oxygens (including phenoxy) is 1. The van der Waals surface area contributed by atoms with Crippen molar-refractivity contribution in [2.45, 2.75) is 23.5 Å². The maximum absolute atomic E-state index is 14.4. The molecule has 2 atom stereocenters. The van der Waals surface area contributed by atoms with Gasteiger partial charge in [0.1, 0.15) is 5.82 Å². The number of nitrogens with zero attached hydrogens (tertiary/aromatic N) is 2. The summed E-state index contributed by atoms with van der Waals surface area (Å²) in [6, 6.07) is 4.30. The van der Waals surface area contributed by atoms with E-state index in [0.717, 1.165) is 25.6 Å². The molecule has 0 saturated carbocycles. The summed E-state index contributed by atoms with van der Waals surface area (Å²) >= 11 is 0. The maximum atomic E-state index is 14.4. The second kappa shape index (κ2) is 6.35. The van der Waals surface area contributed by atoms with Crippen molar-refractivity contribution < 1.29 is 17.5 Å². The lowest BCUT2D eigenvalue weighted by Gasteiger charge is -2.46. The molecule has 0 radical (unpaired) electrons. The average Bonchev–Trinajstić information content (AvgIpc) is 2.55. The molecule has 2 heterocycles. The van der Waals surface area contributed by atoms with Gasteiger partial charge >= 0.3 is 0 Å². The molecule has 0 spiro atoms. The Morgan fingerprint density at radius 2 is 2.13 bits per heavy atom. The second-order valence-electron chi connectivity index (χ2n) is 6.01. The van der Waals surface area contributed by atoms with E-state index < -0.39 is 15.8 Å². The van der Waals surface area contributed by atoms with Crippen molar-refractivity contribution in [3.05, 3.63) is 24.0 Å². The van der Waals surface area contributed by atoms with Crippen LogP contribution in [-0.2, 0) is 14.8 Å². The first-order valence-electron chi connectivity index (χ1n) is 7.72. The lowest BCUT2D eigenvalue weighted by atomic mass is 9.98. The maximum Gasteiger partial charge on any atom is 0.240 e. The fourth-order valence-corrected chi connectivity index (χ4v) is 4.03. The van der Waals surface area contributed by atoms with E-state index >= 15 is 0 Å². The zero-order valence-electron chi connectivity index (χ0n) is 13.3. The van der Waals surface area contributed by atoms with E-state index in [1.165, 1.54) is 13.1 Å². The fraction of sp³-hybridized carbons (Fsp3) is 0.600. The number of morpholine rings is 1. The van der Waals surface area contributed by atoms with Crippen molar-refractivity contribution in [2.75, 3.05) is 45.2 Å². The molecule has 3 rings (SSSR count). The van der Waals surface area contributed by atoms with Gasteiger partial charge in [-0.3, -0.25) is 4.90 Å². The molecule has 0 aromatic heterocycles. The molecule has 0 unspecified atom stereocenters. The molecule has 2 aliphatic rings. The van der Waals surface area contributed by atoms with Crippen LogP contribution >= 0.6 is 0 Å². The van der Waals surface area contributed by atoms with Crippen molar-refractivity contribution in [3.63, 3.8) is 0 Å². The van der Waals surface area contributed by atoms with Crippen molar-refractivity contribution in [1.82, 2.24) is 9.62 Å². The lowest BCUT2D eigenvalue weighted by molar-refractivity contribution is -0.0687. The molecule has 1 N–H and O–H groups in total. The number of hydrogen-bond donors (Lipinski definition) is 1. The van der Waals surface area contributed by atoms with Gasteiger partial charge in [-0.2, -0.15) is 0 Å². The van der Waals surface area contributed by atoms with Crippen LogP contribution in [0, 0.1) is 5.82 Å². The van der Waals surface area contributed by atoms with Crippen LogP contribution in [0.25, 0.3) is 0 Å². The Kier molecular flexibility index (Phi) is 4.59. The molecule has 23 heavy (non-hydrogen) atoms. The highest BCUT2D eigenvalue weighted by molar-refractivity contribution is 7.89. The molecule has 6 nitrogen and oxygen atoms in total. The first-order valence-corrected chi connectivity index (χ1v) is 9.20. The molecule has 0 aliphatic carbocycles. The number of halogens is 1. The summed E-state index contributed by atoms with van der Waals surface area (Å²) in [4.78, 5) is 4.16. The van der Waals surface area contributed by atoms with E-state index in [9.17, 15) is 12.8 Å². The summed E-state index contributed by atoms with van der Waals surface area (Å²) in [5, 5.41) is 0. The Hall–Kier alpha value is -1.22. The SMILES string of the molecule is CNS(=O)(=O)c1ccc(N2CC[C@H]3OCCN(C)[C@H]3C2)c(F)c1. The van der Waals surface area contributed by atoms with E-state index in [-0.39, 0.29) is 17.0 Å². The molecular formula is C15H22FN3O3S. The van der Waals surface area contributed by atoms with E-state index in [2.05, 4.69) is 16.7 Å². The van der Waals surface area contributed by atoms with Gasteiger partial charge in [-0.1, -0.05) is 0 Å². The lowest BCUT2D eigenvalue weighted by Crippen LogP contribution is -2.58. The summed E-state index contributed by atoms with van der Waals surface area (Å²) in [6.45, 7) is 2.99. The zero-order chi connectivity index (χ0) is 16.6. The molecule has 2 aliphatic heterocycles. The number of fused-ring (bicyclic) bond motifs is 1. The molecule has 128 valence electrons. The summed E-state index contributed by atoms with van der Waals surface area (Å²) in [5.74, 6) is -0.515. The number of rotatable bonds is 3. The van der Waals surface area contributed by atoms with Crippen LogP contribution in [0.2, 0.25) is 0 Å². The minimum atomic E-state index is -3.63. The van der Waals surface area contributed by atoms with Gasteiger partial charge in [0.15, 0.2) is 0 Å². The number of nitrogens with one attached hydrogen (secondary N) is 1. The number of anilines is 1. The van der Waals surface area contributed by atoms with Crippen molar-refractivity contribution in [3.8, 4) is 0 Å². The Morgan fingerprint density at radius 3 is 2.83 bits per heavy atom. The van der Waals surface area contributed by atoms with Gasteiger partial charge in [-0.25, -0.2) is 17.5 Å². The average molecular weight is 343 g/mol. The molecular weight excluding hydrogens is 321 g/mol. The topological polar surface area (TPSA) is 61.9 Å². The van der Waals surface area contributed by atoms with Gasteiger partial charge in [-0.05, 0) is 38.7 Å². The third-order valence-electron chi connectivity index (χ3n) is 4.70. The number of benzene rings is 1. The Bertz CT molecular complexity index is 683. The third-order valence-corrected chi connectivity index (χ3v) is 6.11. The summed E-state index contributed by atoms with van der Waals surface area (Å²) < 4.78 is 45.9. The fourth-order valence-electron chi connectivity index (χ4n) is 3.29. The molecule has 0 amide bonds. The molecule has 1 aromatic rings. The largest absolute Gasteiger partial charge is 0.375 e. The minimum Gasteiger partial charge on any atom is -0.375 e. The van der Waals surface area contributed by atoms with E-state index in [0.29, 0.717) is 18.8 Å². The first-order chi connectivity index (χ1) is 10.9. The molecule has 0 bridgehead atoms. The van der Waals surface area contributed by atoms with Gasteiger partial charge in [0, 0.05) is 19.6 Å². The highest BCUT2D eigenvalue weighted by atomic mass is 32.2.